The maximum atomic E-state index is 12.0. The first-order chi connectivity index (χ1) is 11.4. The normalized spacial score (nSPS) is 11.2. The SMILES string of the molecule is Cc1ccc(S(=O)(=O)OCCCC(=O)Oc2ccccc2I)cc1. The molecule has 2 aromatic carbocycles. The van der Waals surface area contributed by atoms with Crippen molar-refractivity contribution >= 4 is 38.7 Å². The van der Waals surface area contributed by atoms with E-state index in [1.54, 1.807) is 24.3 Å². The van der Waals surface area contributed by atoms with Gasteiger partial charge in [0.1, 0.15) is 5.75 Å². The molecule has 2 rings (SSSR count). The molecule has 5 nitrogen and oxygen atoms in total. The molecule has 2 aromatic rings. The van der Waals surface area contributed by atoms with Crippen molar-refractivity contribution in [3.05, 3.63) is 57.7 Å². The number of aryl methyl sites for hydroxylation is 1. The Balaban J connectivity index is 1.79. The molecule has 0 radical (unpaired) electrons. The molecular formula is C17H17IO5S. The third-order valence-electron chi connectivity index (χ3n) is 3.13. The average Bonchev–Trinajstić information content (AvgIpc) is 2.54. The highest BCUT2D eigenvalue weighted by molar-refractivity contribution is 14.1. The van der Waals surface area contributed by atoms with Crippen LogP contribution in [-0.4, -0.2) is 21.0 Å². The van der Waals surface area contributed by atoms with Gasteiger partial charge >= 0.3 is 5.97 Å². The number of esters is 1. The molecule has 24 heavy (non-hydrogen) atoms. The fourth-order valence-electron chi connectivity index (χ4n) is 1.86. The average molecular weight is 460 g/mol. The molecule has 0 amide bonds. The first kappa shape index (κ1) is 18.9. The third kappa shape index (κ3) is 5.57. The molecular weight excluding hydrogens is 443 g/mol. The second-order valence-corrected chi connectivity index (χ2v) is 7.87. The Hall–Kier alpha value is -1.45. The fourth-order valence-corrected chi connectivity index (χ4v) is 3.30. The minimum absolute atomic E-state index is 0.0722. The zero-order chi connectivity index (χ0) is 17.6. The standard InChI is InChI=1S/C17H17IO5S/c1-13-8-10-14(11-9-13)24(20,21)22-12-4-7-17(19)23-16-6-3-2-5-15(16)18/h2-3,5-6,8-11H,4,7,12H2,1H3. The molecule has 0 unspecified atom stereocenters. The predicted octanol–water partition coefficient (Wildman–Crippen LogP) is 3.69. The van der Waals surface area contributed by atoms with Gasteiger partial charge in [0.2, 0.25) is 0 Å². The van der Waals surface area contributed by atoms with Gasteiger partial charge in [0.05, 0.1) is 15.1 Å². The molecule has 0 saturated carbocycles. The number of para-hydroxylation sites is 1. The van der Waals surface area contributed by atoms with Crippen molar-refractivity contribution in [3.8, 4) is 5.75 Å². The van der Waals surface area contributed by atoms with Crippen LogP contribution in [0.4, 0.5) is 0 Å². The first-order valence-electron chi connectivity index (χ1n) is 7.30. The quantitative estimate of drug-likeness (QED) is 0.207. The van der Waals surface area contributed by atoms with Crippen molar-refractivity contribution in [3.63, 3.8) is 0 Å². The third-order valence-corrected chi connectivity index (χ3v) is 5.35. The number of carbonyl (C=O) groups excluding carboxylic acids is 1. The van der Waals surface area contributed by atoms with Crippen molar-refractivity contribution in [2.75, 3.05) is 6.61 Å². The van der Waals surface area contributed by atoms with Crippen LogP contribution in [-0.2, 0) is 19.1 Å². The Morgan fingerprint density at radius 1 is 1.08 bits per heavy atom. The van der Waals surface area contributed by atoms with Gasteiger partial charge in [-0.1, -0.05) is 29.8 Å². The van der Waals surface area contributed by atoms with Crippen molar-refractivity contribution in [2.45, 2.75) is 24.7 Å². The van der Waals surface area contributed by atoms with E-state index in [9.17, 15) is 13.2 Å². The van der Waals surface area contributed by atoms with Crippen LogP contribution >= 0.6 is 22.6 Å². The van der Waals surface area contributed by atoms with Crippen LogP contribution in [0.2, 0.25) is 0 Å². The summed E-state index contributed by atoms with van der Waals surface area (Å²) in [5.74, 6) is 0.0757. The lowest BCUT2D eigenvalue weighted by Gasteiger charge is -2.07. The van der Waals surface area contributed by atoms with Gasteiger partial charge in [-0.3, -0.25) is 8.98 Å². The van der Waals surface area contributed by atoms with Gasteiger partial charge in [-0.05, 0) is 60.2 Å². The molecule has 0 aliphatic heterocycles. The molecule has 0 spiro atoms. The Kier molecular flexibility index (Phi) is 6.76. The minimum atomic E-state index is -3.79. The maximum Gasteiger partial charge on any atom is 0.311 e. The molecule has 0 fully saturated rings. The molecule has 0 atom stereocenters. The summed E-state index contributed by atoms with van der Waals surface area (Å²) in [5, 5.41) is 0. The number of rotatable bonds is 7. The second-order valence-electron chi connectivity index (χ2n) is 5.10. The summed E-state index contributed by atoms with van der Waals surface area (Å²) in [4.78, 5) is 11.9. The molecule has 0 heterocycles. The zero-order valence-electron chi connectivity index (χ0n) is 13.1. The zero-order valence-corrected chi connectivity index (χ0v) is 16.0. The summed E-state index contributed by atoms with van der Waals surface area (Å²) in [6, 6.07) is 13.6. The predicted molar refractivity (Wildman–Crippen MR) is 98.3 cm³/mol. The monoisotopic (exact) mass is 460 g/mol. The van der Waals surface area contributed by atoms with Crippen molar-refractivity contribution < 1.29 is 22.1 Å². The lowest BCUT2D eigenvalue weighted by molar-refractivity contribution is -0.134. The van der Waals surface area contributed by atoms with Gasteiger partial charge in [-0.2, -0.15) is 8.42 Å². The van der Waals surface area contributed by atoms with Crippen LogP contribution in [0.1, 0.15) is 18.4 Å². The van der Waals surface area contributed by atoms with E-state index < -0.39 is 16.1 Å². The Morgan fingerprint density at radius 3 is 2.42 bits per heavy atom. The number of halogens is 1. The van der Waals surface area contributed by atoms with Crippen LogP contribution in [0.25, 0.3) is 0 Å². The molecule has 7 heteroatoms. The smallest absolute Gasteiger partial charge is 0.311 e. The number of hydrogen-bond acceptors (Lipinski definition) is 5. The van der Waals surface area contributed by atoms with Gasteiger partial charge in [0.25, 0.3) is 10.1 Å². The van der Waals surface area contributed by atoms with Gasteiger partial charge in [0, 0.05) is 6.42 Å². The summed E-state index contributed by atoms with van der Waals surface area (Å²) in [5.41, 5.74) is 0.965. The Morgan fingerprint density at radius 2 is 1.75 bits per heavy atom. The number of benzene rings is 2. The molecule has 0 bridgehead atoms. The summed E-state index contributed by atoms with van der Waals surface area (Å²) < 4.78 is 35.0. The van der Waals surface area contributed by atoms with E-state index in [4.69, 9.17) is 8.92 Å². The van der Waals surface area contributed by atoms with E-state index in [-0.39, 0.29) is 24.3 Å². The van der Waals surface area contributed by atoms with Crippen LogP contribution in [0.15, 0.2) is 53.4 Å². The molecule has 0 N–H and O–H groups in total. The van der Waals surface area contributed by atoms with E-state index in [0.29, 0.717) is 5.75 Å². The maximum absolute atomic E-state index is 12.0. The van der Waals surface area contributed by atoms with Gasteiger partial charge in [0.15, 0.2) is 0 Å². The highest BCUT2D eigenvalue weighted by Crippen LogP contribution is 2.20. The molecule has 128 valence electrons. The van der Waals surface area contributed by atoms with Crippen molar-refractivity contribution in [1.82, 2.24) is 0 Å². The number of hydrogen-bond donors (Lipinski definition) is 0. The largest absolute Gasteiger partial charge is 0.425 e. The van der Waals surface area contributed by atoms with Crippen molar-refractivity contribution in [2.24, 2.45) is 0 Å². The van der Waals surface area contributed by atoms with E-state index in [1.807, 2.05) is 19.1 Å². The topological polar surface area (TPSA) is 69.7 Å². The first-order valence-corrected chi connectivity index (χ1v) is 9.78. The van der Waals surface area contributed by atoms with Crippen LogP contribution in [0.5, 0.6) is 5.75 Å². The van der Waals surface area contributed by atoms with E-state index in [0.717, 1.165) is 9.13 Å². The van der Waals surface area contributed by atoms with Gasteiger partial charge in [-0.15, -0.1) is 0 Å². The summed E-state index contributed by atoms with van der Waals surface area (Å²) in [6.45, 7) is 1.80. The molecule has 0 aromatic heterocycles. The molecule has 0 aliphatic rings. The van der Waals surface area contributed by atoms with Crippen molar-refractivity contribution in [1.29, 1.82) is 0 Å². The lowest BCUT2D eigenvalue weighted by Crippen LogP contribution is -2.12. The summed E-state index contributed by atoms with van der Waals surface area (Å²) in [7, 11) is -3.79. The fraction of sp³-hybridized carbons (Fsp3) is 0.235. The summed E-state index contributed by atoms with van der Waals surface area (Å²) in [6.07, 6.45) is 0.335. The van der Waals surface area contributed by atoms with E-state index in [2.05, 4.69) is 22.6 Å². The Bertz CT molecular complexity index is 800. The van der Waals surface area contributed by atoms with Gasteiger partial charge in [-0.25, -0.2) is 0 Å². The van der Waals surface area contributed by atoms with Crippen LogP contribution in [0, 0.1) is 10.5 Å². The number of carbonyl (C=O) groups is 1. The molecule has 0 aliphatic carbocycles. The lowest BCUT2D eigenvalue weighted by atomic mass is 10.2. The van der Waals surface area contributed by atoms with Gasteiger partial charge < -0.3 is 4.74 Å². The van der Waals surface area contributed by atoms with E-state index in [1.165, 1.54) is 12.1 Å². The Labute approximate surface area is 155 Å². The highest BCUT2D eigenvalue weighted by Gasteiger charge is 2.15. The van der Waals surface area contributed by atoms with Crippen LogP contribution < -0.4 is 4.74 Å². The number of ether oxygens (including phenoxy) is 1. The van der Waals surface area contributed by atoms with E-state index >= 15 is 0 Å². The molecule has 0 saturated heterocycles. The second kappa shape index (κ2) is 8.59. The highest BCUT2D eigenvalue weighted by atomic mass is 127. The summed E-state index contributed by atoms with van der Waals surface area (Å²) >= 11 is 2.08. The minimum Gasteiger partial charge on any atom is -0.425 e. The van der Waals surface area contributed by atoms with Crippen LogP contribution in [0.3, 0.4) is 0 Å².